The second kappa shape index (κ2) is 20.8. The van der Waals surface area contributed by atoms with Crippen LogP contribution in [0.15, 0.2) is 105 Å². The number of sulfone groups is 1. The molecule has 0 aliphatic carbocycles. The Hall–Kier alpha value is -6.55. The minimum absolute atomic E-state index is 0.00165. The number of carbonyl (C=O) groups excluding carboxylic acids is 1. The quantitative estimate of drug-likeness (QED) is 0.0303. The number of benzene rings is 4. The van der Waals surface area contributed by atoms with Gasteiger partial charge >= 0.3 is 10.4 Å². The van der Waals surface area contributed by atoms with E-state index in [1.807, 2.05) is 0 Å². The van der Waals surface area contributed by atoms with Crippen LogP contribution < -0.4 is 21.5 Å². The number of amides is 1. The van der Waals surface area contributed by atoms with Gasteiger partial charge in [0.25, 0.3) is 21.6 Å². The minimum Gasteiger partial charge on any atom is -0.505 e. The first-order valence-electron chi connectivity index (χ1n) is 19.6. The van der Waals surface area contributed by atoms with Gasteiger partial charge < -0.3 is 53.5 Å². The predicted octanol–water partition coefficient (Wildman–Crippen LogP) is 7.03. The third kappa shape index (κ3) is 12.6. The third-order valence-electron chi connectivity index (χ3n) is 10.0. The number of pyridine rings is 1. The van der Waals surface area contributed by atoms with Crippen molar-refractivity contribution < 1.29 is 80.9 Å². The summed E-state index contributed by atoms with van der Waals surface area (Å²) in [5.41, 5.74) is 0.917. The number of hydrogen-bond acceptors (Lipinski definition) is 26. The number of aromatic nitrogens is 4. The second-order valence-electron chi connectivity index (χ2n) is 14.8. The van der Waals surface area contributed by atoms with Crippen molar-refractivity contribution in [2.45, 2.75) is 40.0 Å². The number of primary amides is 1. The molecule has 0 aliphatic heterocycles. The molecule has 36 heteroatoms. The van der Waals surface area contributed by atoms with Crippen molar-refractivity contribution in [1.82, 2.24) is 19.5 Å². The molecule has 0 radical (unpaired) electrons. The number of nitrogens with one attached hydrogen (secondary N) is 1. The minimum atomic E-state index is -5.32. The normalized spacial score (nSPS) is 13.3. The average Bonchev–Trinajstić information content (AvgIpc) is 3.26. The van der Waals surface area contributed by atoms with Gasteiger partial charge in [0, 0.05) is 30.2 Å². The Morgan fingerprint density at radius 2 is 1.44 bits per heavy atom. The molecule has 0 aliphatic rings. The number of carbonyl (C=O) groups is 1. The van der Waals surface area contributed by atoms with Crippen molar-refractivity contribution >= 4 is 126 Å². The van der Waals surface area contributed by atoms with E-state index in [-0.39, 0.29) is 45.1 Å². The van der Waals surface area contributed by atoms with E-state index in [0.29, 0.717) is 16.7 Å². The van der Waals surface area contributed by atoms with Gasteiger partial charge in [-0.1, -0.05) is 0 Å². The molecule has 6 rings (SSSR count). The van der Waals surface area contributed by atoms with Gasteiger partial charge in [-0.2, -0.15) is 36.9 Å². The van der Waals surface area contributed by atoms with E-state index in [0.717, 1.165) is 30.3 Å². The molecule has 73 heavy (non-hydrogen) atoms. The van der Waals surface area contributed by atoms with Crippen molar-refractivity contribution in [2.75, 3.05) is 29.6 Å². The number of nitrogens with two attached hydrogens (primary N) is 1. The van der Waals surface area contributed by atoms with Crippen LogP contribution in [0.1, 0.15) is 22.8 Å². The number of hydrogen-bond donors (Lipinski definition) is 12. The third-order valence-corrected chi connectivity index (χ3v) is 15.1. The average molecular weight is 1140 g/mol. The van der Waals surface area contributed by atoms with Crippen molar-refractivity contribution in [3.05, 3.63) is 87.4 Å². The molecule has 392 valence electrons. The first-order valence-corrected chi connectivity index (χ1v) is 27.5. The highest BCUT2D eigenvalue weighted by Gasteiger charge is 2.30. The van der Waals surface area contributed by atoms with E-state index in [1.54, 1.807) is 0 Å². The lowest BCUT2D eigenvalue weighted by molar-refractivity contribution is 0.0997. The maximum absolute atomic E-state index is 12.8. The van der Waals surface area contributed by atoms with Gasteiger partial charge in [0.1, 0.15) is 49.3 Å². The molecule has 6 aromatic rings. The van der Waals surface area contributed by atoms with E-state index in [2.05, 4.69) is 44.9 Å². The van der Waals surface area contributed by atoms with E-state index < -0.39 is 142 Å². The number of rotatable bonds is 18. The Balaban J connectivity index is 1.34. The lowest BCUT2D eigenvalue weighted by Crippen LogP contribution is -2.30. The van der Waals surface area contributed by atoms with Crippen LogP contribution in [0, 0.1) is 6.92 Å². The molecule has 1 amide bonds. The summed E-state index contributed by atoms with van der Waals surface area (Å²) < 4.78 is 158. The Morgan fingerprint density at radius 1 is 0.808 bits per heavy atom. The maximum Gasteiger partial charge on any atom is 0.397 e. The van der Waals surface area contributed by atoms with Crippen LogP contribution >= 0.6 is 33.3 Å². The molecule has 0 bridgehead atoms. The largest absolute Gasteiger partial charge is 0.505 e. The molecular weight excluding hydrogens is 1100 g/mol. The monoisotopic (exact) mass is 1140 g/mol. The highest BCUT2D eigenvalue weighted by Crippen LogP contribution is 2.55. The zero-order chi connectivity index (χ0) is 54.3. The van der Waals surface area contributed by atoms with Gasteiger partial charge in [-0.25, -0.2) is 12.6 Å². The van der Waals surface area contributed by atoms with Crippen LogP contribution in [0.5, 0.6) is 11.6 Å². The summed E-state index contributed by atoms with van der Waals surface area (Å²) in [6, 6.07) is 10.7. The van der Waals surface area contributed by atoms with Gasteiger partial charge in [-0.3, -0.25) is 23.3 Å². The number of nitrogens with zero attached hydrogens (tertiary/aromatic N) is 9. The van der Waals surface area contributed by atoms with Crippen molar-refractivity contribution in [2.24, 2.45) is 26.2 Å². The van der Waals surface area contributed by atoms with Crippen LogP contribution in [-0.2, 0) is 41.1 Å². The highest BCUT2D eigenvalue weighted by molar-refractivity contribution is 8.19. The van der Waals surface area contributed by atoms with Gasteiger partial charge in [0.15, 0.2) is 15.6 Å². The molecule has 0 saturated carbocycles. The molecule has 0 saturated heterocycles. The lowest BCUT2D eigenvalue weighted by Gasteiger charge is -2.23. The summed E-state index contributed by atoms with van der Waals surface area (Å²) in [5.74, 6) is -4.45. The van der Waals surface area contributed by atoms with E-state index in [9.17, 15) is 76.9 Å². The van der Waals surface area contributed by atoms with Gasteiger partial charge in [0.2, 0.25) is 23.1 Å². The van der Waals surface area contributed by atoms with E-state index >= 15 is 0 Å². The molecule has 2 aromatic heterocycles. The van der Waals surface area contributed by atoms with E-state index in [4.69, 9.17) is 21.9 Å². The topological polar surface area (TPSA) is 482 Å². The number of phenols is 1. The van der Waals surface area contributed by atoms with Crippen LogP contribution in [0.3, 0.4) is 0 Å². The van der Waals surface area contributed by atoms with E-state index in [1.165, 1.54) is 44.0 Å². The molecule has 0 atom stereocenters. The van der Waals surface area contributed by atoms with Crippen LogP contribution in [-0.4, -0.2) is 117 Å². The highest BCUT2D eigenvalue weighted by atomic mass is 35.5. The first kappa shape index (κ1) is 55.8. The van der Waals surface area contributed by atoms with Crippen LogP contribution in [0.4, 0.5) is 46.0 Å². The number of aromatic hydroxyl groups is 2. The van der Waals surface area contributed by atoms with Gasteiger partial charge in [-0.05, 0) is 91.5 Å². The van der Waals surface area contributed by atoms with Gasteiger partial charge in [0.05, 0.1) is 38.4 Å². The Morgan fingerprint density at radius 3 is 2.01 bits per heavy atom. The number of phenolic OH excluding ortho intramolecular Hbond substituents is 1. The Kier molecular flexibility index (Phi) is 15.9. The Labute approximate surface area is 419 Å². The summed E-state index contributed by atoms with van der Waals surface area (Å²) >= 11 is 6.23. The molecule has 0 fully saturated rings. The summed E-state index contributed by atoms with van der Waals surface area (Å²) in [5, 5.41) is 39.3. The van der Waals surface area contributed by atoms with Crippen molar-refractivity contribution in [3.63, 3.8) is 0 Å². The fraction of sp³-hybridized carbons (Fsp3) is 0.162. The predicted molar refractivity (Wildman–Crippen MR) is 261 cm³/mol. The number of anilines is 4. The molecule has 0 unspecified atom stereocenters. The molecule has 2 heterocycles. The van der Waals surface area contributed by atoms with Gasteiger partial charge in [-0.15, -0.1) is 15.3 Å². The fourth-order valence-electron chi connectivity index (χ4n) is 6.60. The standard InChI is InChI=1S/C37H38ClN11O19S5/c1-4-49-33(52)28(32(39)51)17(2)29(34(49)53)46-45-24-16-25(70(56,57)58)23(15-26(24)71(59,60)61)40-36-41-35(38)42-37(43-36)48(3)20-7-10-22-18(13-20)14-27(72(62,63)64)30(31(22)50)47-44-19-5-8-21(9-6-19)69(54,55)12-11-68-73(65,66)67/h5-10,13-16,50,53,59-64H,4,11-12H2,1-3H3,(H2,39,51)(H,56,57,58)(H,65,66,67)(H,40,41,42,43). The Bertz CT molecular complexity index is 3690. The smallest absolute Gasteiger partial charge is 0.397 e. The molecule has 30 nitrogen and oxygen atoms in total. The lowest BCUT2D eigenvalue weighted by atomic mass is 10.1. The summed E-state index contributed by atoms with van der Waals surface area (Å²) in [6.07, 6.45) is 0. The van der Waals surface area contributed by atoms with Crippen LogP contribution in [0.2, 0.25) is 5.28 Å². The number of fused-ring (bicyclic) bond motifs is 1. The van der Waals surface area contributed by atoms with Crippen molar-refractivity contribution in [3.8, 4) is 11.6 Å². The molecule has 13 N–H and O–H groups in total. The molecule has 4 aromatic carbocycles. The zero-order valence-electron chi connectivity index (χ0n) is 37.1. The second-order valence-corrected chi connectivity index (χ2v) is 22.6. The SMILES string of the molecule is CCn1c(O)c(N=Nc2cc(S(=O)(=O)O)c(Nc3nc(Cl)nc(N(C)c4ccc5c(O)c(N=Nc6ccc(S(=O)(=O)CCOS(=O)(=O)O)cc6)c(S(O)(O)O)cc5c4)n3)cc2S(O)(O)O)c(C)c(C(N)=O)c1=O. The summed E-state index contributed by atoms with van der Waals surface area (Å²) in [6.45, 7) is 1.53. The zero-order valence-corrected chi connectivity index (χ0v) is 41.9. The molecule has 0 spiro atoms. The van der Waals surface area contributed by atoms with Crippen molar-refractivity contribution in [1.29, 1.82) is 0 Å². The summed E-state index contributed by atoms with van der Waals surface area (Å²) in [7, 11) is -22.5. The van der Waals surface area contributed by atoms with Crippen LogP contribution in [0.25, 0.3) is 10.8 Å². The summed E-state index contributed by atoms with van der Waals surface area (Å²) in [4.78, 5) is 35.2. The fourth-order valence-corrected chi connectivity index (χ4v) is 10.2. The number of halogens is 1. The maximum atomic E-state index is 12.8. The number of azo groups is 2. The molecular formula is C37H38ClN11O19S5. The first-order chi connectivity index (χ1) is 33.7.